The van der Waals surface area contributed by atoms with Crippen molar-refractivity contribution in [2.75, 3.05) is 0 Å². The predicted octanol–water partition coefficient (Wildman–Crippen LogP) is 3.34. The van der Waals surface area contributed by atoms with Gasteiger partial charge in [0, 0.05) is 23.2 Å². The average Bonchev–Trinajstić information content (AvgIpc) is 2.56. The van der Waals surface area contributed by atoms with Gasteiger partial charge in [-0.25, -0.2) is 0 Å². The van der Waals surface area contributed by atoms with Crippen molar-refractivity contribution in [2.45, 2.75) is 26.8 Å². The molecule has 0 unspecified atom stereocenters. The Morgan fingerprint density at radius 3 is 2.67 bits per heavy atom. The fourth-order valence-electron chi connectivity index (χ4n) is 2.01. The highest BCUT2D eigenvalue weighted by Gasteiger charge is 2.10. The number of carbonyl (C=O) groups is 1. The molecule has 0 bridgehead atoms. The van der Waals surface area contributed by atoms with Crippen LogP contribution in [0.1, 0.15) is 35.8 Å². The van der Waals surface area contributed by atoms with E-state index in [1.807, 2.05) is 12.1 Å². The van der Waals surface area contributed by atoms with Crippen molar-refractivity contribution >= 4 is 17.2 Å². The Morgan fingerprint density at radius 1 is 1.33 bits per heavy atom. The maximum atomic E-state index is 11.0. The van der Waals surface area contributed by atoms with E-state index in [9.17, 15) is 4.79 Å². The third kappa shape index (κ3) is 1.46. The number of nitrogens with zero attached hydrogens (tertiary/aromatic N) is 1. The number of hydrogen-bond acceptors (Lipinski definition) is 1. The molecule has 0 saturated heterocycles. The van der Waals surface area contributed by atoms with Gasteiger partial charge in [0.25, 0.3) is 0 Å². The van der Waals surface area contributed by atoms with Crippen LogP contribution in [0.3, 0.4) is 0 Å². The van der Waals surface area contributed by atoms with Crippen LogP contribution in [0.25, 0.3) is 10.9 Å². The molecule has 0 N–H and O–H groups in total. The molecule has 0 spiro atoms. The third-order valence-corrected chi connectivity index (χ3v) is 2.77. The molecule has 0 fully saturated rings. The topological polar surface area (TPSA) is 22.0 Å². The third-order valence-electron chi connectivity index (χ3n) is 2.77. The van der Waals surface area contributed by atoms with Gasteiger partial charge in [0.1, 0.15) is 0 Å². The van der Waals surface area contributed by atoms with Crippen molar-refractivity contribution in [1.82, 2.24) is 4.57 Å². The SMILES string of the molecule is Cc1cn(C(C)C)c2c(C=O)cccc12. The van der Waals surface area contributed by atoms with Crippen LogP contribution in [-0.4, -0.2) is 10.9 Å². The quantitative estimate of drug-likeness (QED) is 0.683. The van der Waals surface area contributed by atoms with Crippen LogP contribution in [0.5, 0.6) is 0 Å². The Balaban J connectivity index is 2.88. The minimum atomic E-state index is 0.377. The molecular formula is C13H15NO. The maximum Gasteiger partial charge on any atom is 0.152 e. The lowest BCUT2D eigenvalue weighted by molar-refractivity contribution is 0.112. The van der Waals surface area contributed by atoms with E-state index in [0.717, 1.165) is 17.4 Å². The highest BCUT2D eigenvalue weighted by atomic mass is 16.1. The number of para-hydroxylation sites is 1. The van der Waals surface area contributed by atoms with Crippen LogP contribution in [0.2, 0.25) is 0 Å². The van der Waals surface area contributed by atoms with E-state index in [1.165, 1.54) is 10.9 Å². The number of rotatable bonds is 2. The van der Waals surface area contributed by atoms with Crippen molar-refractivity contribution in [2.24, 2.45) is 0 Å². The molecule has 1 aromatic carbocycles. The zero-order valence-corrected chi connectivity index (χ0v) is 9.32. The molecule has 0 aliphatic carbocycles. The molecule has 15 heavy (non-hydrogen) atoms. The van der Waals surface area contributed by atoms with Crippen LogP contribution in [0, 0.1) is 6.92 Å². The van der Waals surface area contributed by atoms with E-state index >= 15 is 0 Å². The van der Waals surface area contributed by atoms with E-state index in [-0.39, 0.29) is 0 Å². The van der Waals surface area contributed by atoms with Gasteiger partial charge in [-0.15, -0.1) is 0 Å². The molecule has 0 saturated carbocycles. The zero-order chi connectivity index (χ0) is 11.0. The number of aryl methyl sites for hydroxylation is 1. The zero-order valence-electron chi connectivity index (χ0n) is 9.32. The Labute approximate surface area is 89.5 Å². The molecule has 1 heterocycles. The van der Waals surface area contributed by atoms with Crippen LogP contribution >= 0.6 is 0 Å². The Kier molecular flexibility index (Phi) is 2.35. The summed E-state index contributed by atoms with van der Waals surface area (Å²) in [6.45, 7) is 6.33. The van der Waals surface area contributed by atoms with Gasteiger partial charge in [0.15, 0.2) is 6.29 Å². The number of aldehydes is 1. The van der Waals surface area contributed by atoms with Gasteiger partial charge < -0.3 is 4.57 Å². The molecule has 0 radical (unpaired) electrons. The molecule has 1 aromatic heterocycles. The van der Waals surface area contributed by atoms with Crippen LogP contribution in [0.15, 0.2) is 24.4 Å². The Bertz CT molecular complexity index is 508. The van der Waals surface area contributed by atoms with Gasteiger partial charge in [-0.3, -0.25) is 4.79 Å². The Morgan fingerprint density at radius 2 is 2.07 bits per heavy atom. The van der Waals surface area contributed by atoms with Crippen molar-refractivity contribution in [3.8, 4) is 0 Å². The molecule has 2 nitrogen and oxygen atoms in total. The first-order valence-corrected chi connectivity index (χ1v) is 5.20. The Hall–Kier alpha value is -1.57. The lowest BCUT2D eigenvalue weighted by atomic mass is 10.1. The number of fused-ring (bicyclic) bond motifs is 1. The summed E-state index contributed by atoms with van der Waals surface area (Å²) in [7, 11) is 0. The summed E-state index contributed by atoms with van der Waals surface area (Å²) < 4.78 is 2.16. The van der Waals surface area contributed by atoms with Crippen molar-refractivity contribution in [3.05, 3.63) is 35.5 Å². The number of aromatic nitrogens is 1. The van der Waals surface area contributed by atoms with Gasteiger partial charge in [-0.2, -0.15) is 0 Å². The van der Waals surface area contributed by atoms with E-state index in [1.54, 1.807) is 0 Å². The van der Waals surface area contributed by atoms with Gasteiger partial charge in [0.05, 0.1) is 5.52 Å². The molecule has 78 valence electrons. The molecule has 0 atom stereocenters. The summed E-state index contributed by atoms with van der Waals surface area (Å²) in [6.07, 6.45) is 3.04. The predicted molar refractivity (Wildman–Crippen MR) is 62.4 cm³/mol. The fourth-order valence-corrected chi connectivity index (χ4v) is 2.01. The molecule has 0 aliphatic heterocycles. The van der Waals surface area contributed by atoms with E-state index in [4.69, 9.17) is 0 Å². The van der Waals surface area contributed by atoms with E-state index in [0.29, 0.717) is 6.04 Å². The highest BCUT2D eigenvalue weighted by molar-refractivity contribution is 5.98. The van der Waals surface area contributed by atoms with Crippen LogP contribution in [0.4, 0.5) is 0 Å². The first-order chi connectivity index (χ1) is 7.15. The summed E-state index contributed by atoms with van der Waals surface area (Å²) in [5.74, 6) is 0. The summed E-state index contributed by atoms with van der Waals surface area (Å²) >= 11 is 0. The van der Waals surface area contributed by atoms with E-state index in [2.05, 4.69) is 37.6 Å². The summed E-state index contributed by atoms with van der Waals surface area (Å²) in [4.78, 5) is 11.0. The minimum absolute atomic E-state index is 0.377. The lowest BCUT2D eigenvalue weighted by Gasteiger charge is -2.10. The minimum Gasteiger partial charge on any atom is -0.344 e. The molecule has 0 amide bonds. The lowest BCUT2D eigenvalue weighted by Crippen LogP contribution is -2.00. The molecule has 2 heteroatoms. The molecule has 2 aromatic rings. The van der Waals surface area contributed by atoms with Gasteiger partial charge in [-0.05, 0) is 32.4 Å². The fraction of sp³-hybridized carbons (Fsp3) is 0.308. The van der Waals surface area contributed by atoms with E-state index < -0.39 is 0 Å². The summed E-state index contributed by atoms with van der Waals surface area (Å²) in [6, 6.07) is 6.25. The second-order valence-electron chi connectivity index (χ2n) is 4.17. The number of hydrogen-bond donors (Lipinski definition) is 0. The normalized spacial score (nSPS) is 11.2. The molecule has 2 rings (SSSR count). The van der Waals surface area contributed by atoms with Crippen LogP contribution < -0.4 is 0 Å². The number of benzene rings is 1. The molecule has 0 aliphatic rings. The average molecular weight is 201 g/mol. The monoisotopic (exact) mass is 201 g/mol. The first-order valence-electron chi connectivity index (χ1n) is 5.20. The van der Waals surface area contributed by atoms with Gasteiger partial charge in [0.2, 0.25) is 0 Å². The standard InChI is InChI=1S/C13H15NO/c1-9(2)14-7-10(3)12-6-4-5-11(8-15)13(12)14/h4-9H,1-3H3. The number of carbonyl (C=O) groups excluding carboxylic acids is 1. The van der Waals surface area contributed by atoms with Gasteiger partial charge in [-0.1, -0.05) is 12.1 Å². The largest absolute Gasteiger partial charge is 0.344 e. The second-order valence-corrected chi connectivity index (χ2v) is 4.17. The van der Waals surface area contributed by atoms with Crippen molar-refractivity contribution in [1.29, 1.82) is 0 Å². The van der Waals surface area contributed by atoms with Crippen LogP contribution in [-0.2, 0) is 0 Å². The summed E-state index contributed by atoms with van der Waals surface area (Å²) in [5, 5.41) is 1.17. The van der Waals surface area contributed by atoms with Gasteiger partial charge >= 0.3 is 0 Å². The highest BCUT2D eigenvalue weighted by Crippen LogP contribution is 2.26. The summed E-state index contributed by atoms with van der Waals surface area (Å²) in [5.41, 5.74) is 3.05. The second kappa shape index (κ2) is 3.54. The molecular weight excluding hydrogens is 186 g/mol. The first kappa shape index (κ1) is 9.97. The maximum absolute atomic E-state index is 11.0. The van der Waals surface area contributed by atoms with Crippen molar-refractivity contribution < 1.29 is 4.79 Å². The smallest absolute Gasteiger partial charge is 0.152 e. The van der Waals surface area contributed by atoms with Crippen molar-refractivity contribution in [3.63, 3.8) is 0 Å².